The van der Waals surface area contributed by atoms with Crippen molar-refractivity contribution in [2.24, 2.45) is 0 Å². The molecule has 0 unspecified atom stereocenters. The first-order valence-corrected chi connectivity index (χ1v) is 8.92. The Bertz CT molecular complexity index is 534. The van der Waals surface area contributed by atoms with Crippen molar-refractivity contribution in [3.05, 3.63) is 23.9 Å². The quantitative estimate of drug-likeness (QED) is 0.781. The number of pyridine rings is 1. The lowest BCUT2D eigenvalue weighted by molar-refractivity contribution is -0.139. The number of amides is 2. The summed E-state index contributed by atoms with van der Waals surface area (Å²) in [5.74, 6) is -0.187. The molecule has 2 N–H and O–H groups in total. The van der Waals surface area contributed by atoms with Crippen molar-refractivity contribution < 1.29 is 9.59 Å². The fourth-order valence-corrected chi connectivity index (χ4v) is 3.02. The van der Waals surface area contributed by atoms with E-state index in [1.807, 2.05) is 12.1 Å². The Morgan fingerprint density at radius 2 is 1.83 bits per heavy atom. The number of carbonyl (C=O) groups is 2. The van der Waals surface area contributed by atoms with Gasteiger partial charge in [0.1, 0.15) is 5.82 Å². The maximum atomic E-state index is 11.9. The van der Waals surface area contributed by atoms with Gasteiger partial charge in [0.15, 0.2) is 0 Å². The molecule has 0 aliphatic heterocycles. The highest BCUT2D eigenvalue weighted by atomic mass is 16.2. The topological polar surface area (TPSA) is 74.3 Å². The molecule has 6 nitrogen and oxygen atoms in total. The van der Waals surface area contributed by atoms with Crippen LogP contribution in [0.2, 0.25) is 0 Å². The van der Waals surface area contributed by atoms with Gasteiger partial charge in [-0.3, -0.25) is 9.59 Å². The average molecular weight is 332 g/mol. The molecule has 0 aromatic carbocycles. The zero-order chi connectivity index (χ0) is 17.4. The van der Waals surface area contributed by atoms with Gasteiger partial charge >= 0.3 is 11.8 Å². The number of carbonyl (C=O) groups excluding carboxylic acids is 2. The van der Waals surface area contributed by atoms with E-state index in [-0.39, 0.29) is 6.04 Å². The lowest BCUT2D eigenvalue weighted by Gasteiger charge is -2.22. The molecule has 1 aromatic heterocycles. The van der Waals surface area contributed by atoms with E-state index in [0.717, 1.165) is 50.2 Å². The fourth-order valence-electron chi connectivity index (χ4n) is 3.02. The van der Waals surface area contributed by atoms with Crippen LogP contribution in [-0.4, -0.2) is 35.9 Å². The predicted octanol–water partition coefficient (Wildman–Crippen LogP) is 1.99. The second-order valence-electron chi connectivity index (χ2n) is 6.19. The van der Waals surface area contributed by atoms with Gasteiger partial charge in [0.2, 0.25) is 0 Å². The minimum absolute atomic E-state index is 0.145. The Morgan fingerprint density at radius 1 is 1.12 bits per heavy atom. The molecule has 2 rings (SSSR count). The van der Waals surface area contributed by atoms with Crippen LogP contribution in [-0.2, 0) is 16.1 Å². The maximum Gasteiger partial charge on any atom is 0.309 e. The SMILES string of the molecule is CCN(CC)c1ccc(CNC(=O)C(=O)NC2CCCCC2)cn1. The molecule has 1 aromatic rings. The largest absolute Gasteiger partial charge is 0.357 e. The van der Waals surface area contributed by atoms with E-state index in [1.165, 1.54) is 6.42 Å². The Balaban J connectivity index is 1.79. The van der Waals surface area contributed by atoms with E-state index in [0.29, 0.717) is 6.54 Å². The molecule has 0 spiro atoms. The Morgan fingerprint density at radius 3 is 2.42 bits per heavy atom. The summed E-state index contributed by atoms with van der Waals surface area (Å²) < 4.78 is 0. The third-order valence-corrected chi connectivity index (χ3v) is 4.50. The van der Waals surface area contributed by atoms with Gasteiger partial charge in [0.25, 0.3) is 0 Å². The summed E-state index contributed by atoms with van der Waals surface area (Å²) in [5, 5.41) is 5.48. The van der Waals surface area contributed by atoms with Gasteiger partial charge in [-0.25, -0.2) is 4.98 Å². The van der Waals surface area contributed by atoms with E-state index in [9.17, 15) is 9.59 Å². The zero-order valence-corrected chi connectivity index (χ0v) is 14.7. The summed E-state index contributed by atoms with van der Waals surface area (Å²) >= 11 is 0. The minimum Gasteiger partial charge on any atom is -0.357 e. The Hall–Kier alpha value is -2.11. The smallest absolute Gasteiger partial charge is 0.309 e. The molecule has 0 bridgehead atoms. The first-order chi connectivity index (χ1) is 11.6. The van der Waals surface area contributed by atoms with E-state index < -0.39 is 11.8 Å². The van der Waals surface area contributed by atoms with Crippen LogP contribution in [0.4, 0.5) is 5.82 Å². The van der Waals surface area contributed by atoms with Crippen molar-refractivity contribution in [3.63, 3.8) is 0 Å². The summed E-state index contributed by atoms with van der Waals surface area (Å²) in [6.45, 7) is 6.29. The first-order valence-electron chi connectivity index (χ1n) is 8.92. The van der Waals surface area contributed by atoms with E-state index >= 15 is 0 Å². The molecule has 2 amide bonds. The number of nitrogens with zero attached hydrogens (tertiary/aromatic N) is 2. The van der Waals surface area contributed by atoms with Crippen molar-refractivity contribution in [1.29, 1.82) is 0 Å². The molecular weight excluding hydrogens is 304 g/mol. The van der Waals surface area contributed by atoms with Crippen LogP contribution in [0.15, 0.2) is 18.3 Å². The van der Waals surface area contributed by atoms with Gasteiger partial charge in [-0.2, -0.15) is 0 Å². The number of hydrogen-bond acceptors (Lipinski definition) is 4. The molecule has 1 heterocycles. The summed E-state index contributed by atoms with van der Waals surface area (Å²) in [6, 6.07) is 4.02. The van der Waals surface area contributed by atoms with Gasteiger partial charge in [-0.15, -0.1) is 0 Å². The van der Waals surface area contributed by atoms with Crippen LogP contribution in [0.3, 0.4) is 0 Å². The molecule has 0 radical (unpaired) electrons. The monoisotopic (exact) mass is 332 g/mol. The Labute approximate surface area is 144 Å². The van der Waals surface area contributed by atoms with Gasteiger partial charge in [-0.05, 0) is 38.3 Å². The lowest BCUT2D eigenvalue weighted by atomic mass is 9.95. The van der Waals surface area contributed by atoms with E-state index in [1.54, 1.807) is 6.20 Å². The lowest BCUT2D eigenvalue weighted by Crippen LogP contribution is -2.45. The van der Waals surface area contributed by atoms with E-state index in [2.05, 4.69) is 34.4 Å². The molecule has 6 heteroatoms. The second-order valence-corrected chi connectivity index (χ2v) is 6.19. The second kappa shape index (κ2) is 9.25. The van der Waals surface area contributed by atoms with Crippen LogP contribution in [0, 0.1) is 0 Å². The van der Waals surface area contributed by atoms with Crippen LogP contribution < -0.4 is 15.5 Å². The third kappa shape index (κ3) is 5.22. The molecule has 1 fully saturated rings. The average Bonchev–Trinajstić information content (AvgIpc) is 2.62. The molecular formula is C18H28N4O2. The van der Waals surface area contributed by atoms with E-state index in [4.69, 9.17) is 0 Å². The molecule has 1 aliphatic carbocycles. The predicted molar refractivity (Wildman–Crippen MR) is 94.7 cm³/mol. The van der Waals surface area contributed by atoms with Gasteiger partial charge in [-0.1, -0.05) is 25.3 Å². The summed E-state index contributed by atoms with van der Waals surface area (Å²) in [5.41, 5.74) is 0.879. The van der Waals surface area contributed by atoms with Gasteiger partial charge in [0, 0.05) is 31.9 Å². The van der Waals surface area contributed by atoms with Crippen LogP contribution >= 0.6 is 0 Å². The number of aromatic nitrogens is 1. The number of anilines is 1. The molecule has 0 atom stereocenters. The number of nitrogens with one attached hydrogen (secondary N) is 2. The highest BCUT2D eigenvalue weighted by Crippen LogP contribution is 2.17. The van der Waals surface area contributed by atoms with Crippen molar-refractivity contribution in [2.45, 2.75) is 58.5 Å². The number of rotatable bonds is 6. The standard InChI is InChI=1S/C18H28N4O2/c1-3-22(4-2)16-11-10-14(12-19-16)13-20-17(23)18(24)21-15-8-6-5-7-9-15/h10-12,15H,3-9,13H2,1-2H3,(H,20,23)(H,21,24). The summed E-state index contributed by atoms with van der Waals surface area (Å²) in [7, 11) is 0. The highest BCUT2D eigenvalue weighted by molar-refractivity contribution is 6.35. The highest BCUT2D eigenvalue weighted by Gasteiger charge is 2.20. The zero-order valence-electron chi connectivity index (χ0n) is 14.7. The van der Waals surface area contributed by atoms with Crippen LogP contribution in [0.5, 0.6) is 0 Å². The molecule has 1 saturated carbocycles. The molecule has 24 heavy (non-hydrogen) atoms. The fraction of sp³-hybridized carbons (Fsp3) is 0.611. The van der Waals surface area contributed by atoms with Crippen molar-refractivity contribution in [2.75, 3.05) is 18.0 Å². The molecule has 132 valence electrons. The molecule has 1 aliphatic rings. The van der Waals surface area contributed by atoms with Crippen LogP contribution in [0.1, 0.15) is 51.5 Å². The minimum atomic E-state index is -0.576. The van der Waals surface area contributed by atoms with Crippen molar-refractivity contribution in [1.82, 2.24) is 15.6 Å². The third-order valence-electron chi connectivity index (χ3n) is 4.50. The first kappa shape index (κ1) is 18.2. The maximum absolute atomic E-state index is 11.9. The Kier molecular flexibility index (Phi) is 7.03. The van der Waals surface area contributed by atoms with Gasteiger partial charge in [0.05, 0.1) is 0 Å². The normalized spacial score (nSPS) is 14.9. The van der Waals surface area contributed by atoms with Crippen molar-refractivity contribution >= 4 is 17.6 Å². The van der Waals surface area contributed by atoms with Crippen LogP contribution in [0.25, 0.3) is 0 Å². The van der Waals surface area contributed by atoms with Crippen molar-refractivity contribution in [3.8, 4) is 0 Å². The molecule has 0 saturated heterocycles. The summed E-state index contributed by atoms with van der Waals surface area (Å²) in [4.78, 5) is 30.4. The summed E-state index contributed by atoms with van der Waals surface area (Å²) in [6.07, 6.45) is 7.14. The number of hydrogen-bond donors (Lipinski definition) is 2. The van der Waals surface area contributed by atoms with Gasteiger partial charge < -0.3 is 15.5 Å².